The molecule has 4 aromatic heterocycles. The van der Waals surface area contributed by atoms with Crippen molar-refractivity contribution in [3.05, 3.63) is 76.9 Å². The van der Waals surface area contributed by atoms with Crippen LogP contribution in [-0.4, -0.2) is 36.2 Å². The molecule has 1 saturated carbocycles. The van der Waals surface area contributed by atoms with Crippen molar-refractivity contribution in [1.29, 1.82) is 0 Å². The summed E-state index contributed by atoms with van der Waals surface area (Å²) < 4.78 is 14.9. The van der Waals surface area contributed by atoms with Crippen LogP contribution in [0.3, 0.4) is 0 Å². The Balaban J connectivity index is 1.55. The number of methoxy groups -OCH3 is 1. The average molecular weight is 442 g/mol. The number of pyridine rings is 1. The highest BCUT2D eigenvalue weighted by atomic mass is 16.5. The van der Waals surface area contributed by atoms with Gasteiger partial charge in [0.25, 0.3) is 11.4 Å². The molecule has 5 aromatic rings. The van der Waals surface area contributed by atoms with Gasteiger partial charge in [-0.1, -0.05) is 23.4 Å². The molecule has 0 atom stereocenters. The van der Waals surface area contributed by atoms with E-state index in [-0.39, 0.29) is 11.4 Å². The Morgan fingerprint density at radius 2 is 1.85 bits per heavy atom. The van der Waals surface area contributed by atoms with E-state index in [1.165, 1.54) is 0 Å². The Morgan fingerprint density at radius 1 is 1.06 bits per heavy atom. The first-order valence-electron chi connectivity index (χ1n) is 11.0. The molecule has 4 heterocycles. The summed E-state index contributed by atoms with van der Waals surface area (Å²) >= 11 is 0. The lowest BCUT2D eigenvalue weighted by molar-refractivity contribution is -0.0342. The second-order valence-corrected chi connectivity index (χ2v) is 8.34. The van der Waals surface area contributed by atoms with E-state index < -0.39 is 5.60 Å². The maximum Gasteiger partial charge on any atom is 0.278 e. The third kappa shape index (κ3) is 3.07. The molecule has 1 fully saturated rings. The highest BCUT2D eigenvalue weighted by Gasteiger charge is 2.41. The molecule has 0 amide bonds. The monoisotopic (exact) mass is 442 g/mol. The third-order valence-corrected chi connectivity index (χ3v) is 6.52. The number of para-hydroxylation sites is 2. The fourth-order valence-electron chi connectivity index (χ4n) is 4.80. The topological polar surface area (TPSA) is 100 Å². The third-order valence-electron chi connectivity index (χ3n) is 6.52. The van der Waals surface area contributed by atoms with Crippen LogP contribution in [0.25, 0.3) is 28.1 Å². The molecule has 0 radical (unpaired) electrons. The molecule has 1 aromatic carbocycles. The molecule has 0 unspecified atom stereocenters. The van der Waals surface area contributed by atoms with E-state index in [2.05, 4.69) is 20.1 Å². The number of benzene rings is 1. The largest absolute Gasteiger partial charge is 0.368 e. The van der Waals surface area contributed by atoms with E-state index in [4.69, 9.17) is 9.26 Å². The van der Waals surface area contributed by atoms with Gasteiger partial charge in [0.2, 0.25) is 5.82 Å². The summed E-state index contributed by atoms with van der Waals surface area (Å²) in [6.07, 6.45) is 7.11. The zero-order chi connectivity index (χ0) is 22.4. The van der Waals surface area contributed by atoms with Crippen LogP contribution in [0.4, 0.5) is 0 Å². The molecule has 9 heteroatoms. The molecule has 0 aliphatic heterocycles. The van der Waals surface area contributed by atoms with Gasteiger partial charge in [-0.2, -0.15) is 4.98 Å². The van der Waals surface area contributed by atoms with E-state index in [0.29, 0.717) is 23.6 Å². The highest BCUT2D eigenvalue weighted by molar-refractivity contribution is 5.83. The van der Waals surface area contributed by atoms with Gasteiger partial charge < -0.3 is 9.26 Å². The summed E-state index contributed by atoms with van der Waals surface area (Å²) in [6.45, 7) is 0.339. The molecular weight excluding hydrogens is 420 g/mol. The predicted molar refractivity (Wildman–Crippen MR) is 121 cm³/mol. The lowest BCUT2D eigenvalue weighted by Gasteiger charge is -2.21. The molecule has 33 heavy (non-hydrogen) atoms. The molecule has 0 N–H and O–H groups in total. The van der Waals surface area contributed by atoms with Crippen LogP contribution < -0.4 is 5.56 Å². The second-order valence-electron chi connectivity index (χ2n) is 8.34. The SMILES string of the molecule is COC1(c2nc(-c3ncn4c3c(=O)n(Cc3ccccn3)c3ccccc34)no2)CCCC1. The Hall–Kier alpha value is -3.85. The fraction of sp³-hybridized carbons (Fsp3) is 0.292. The number of hydrogen-bond donors (Lipinski definition) is 0. The van der Waals surface area contributed by atoms with Crippen LogP contribution >= 0.6 is 0 Å². The number of imidazole rings is 1. The summed E-state index contributed by atoms with van der Waals surface area (Å²) in [4.78, 5) is 27.3. The van der Waals surface area contributed by atoms with Crippen LogP contribution in [0.1, 0.15) is 37.3 Å². The van der Waals surface area contributed by atoms with Gasteiger partial charge in [0.15, 0.2) is 0 Å². The Kier molecular flexibility index (Phi) is 4.58. The number of hydrogen-bond acceptors (Lipinski definition) is 7. The lowest BCUT2D eigenvalue weighted by atomic mass is 10.0. The minimum absolute atomic E-state index is 0.194. The zero-order valence-electron chi connectivity index (χ0n) is 18.1. The van der Waals surface area contributed by atoms with Gasteiger partial charge in [-0.25, -0.2) is 4.98 Å². The van der Waals surface area contributed by atoms with Gasteiger partial charge in [-0.05, 0) is 49.9 Å². The van der Waals surface area contributed by atoms with Gasteiger partial charge in [0, 0.05) is 13.3 Å². The van der Waals surface area contributed by atoms with Gasteiger partial charge in [-0.3, -0.25) is 18.7 Å². The van der Waals surface area contributed by atoms with E-state index in [9.17, 15) is 4.79 Å². The maximum absolute atomic E-state index is 13.7. The lowest BCUT2D eigenvalue weighted by Crippen LogP contribution is -2.25. The van der Waals surface area contributed by atoms with Crippen molar-refractivity contribution >= 4 is 16.6 Å². The van der Waals surface area contributed by atoms with Crippen LogP contribution in [0.5, 0.6) is 0 Å². The van der Waals surface area contributed by atoms with E-state index in [0.717, 1.165) is 42.4 Å². The minimum Gasteiger partial charge on any atom is -0.368 e. The number of nitrogens with zero attached hydrogens (tertiary/aromatic N) is 6. The molecule has 0 spiro atoms. The summed E-state index contributed by atoms with van der Waals surface area (Å²) in [5.41, 5.74) is 2.47. The van der Waals surface area contributed by atoms with Crippen molar-refractivity contribution in [2.45, 2.75) is 37.8 Å². The maximum atomic E-state index is 13.7. The predicted octanol–water partition coefficient (Wildman–Crippen LogP) is 3.56. The first-order chi connectivity index (χ1) is 16.2. The van der Waals surface area contributed by atoms with Crippen LogP contribution in [0, 0.1) is 0 Å². The van der Waals surface area contributed by atoms with Gasteiger partial charge in [0.1, 0.15) is 23.1 Å². The van der Waals surface area contributed by atoms with Crippen molar-refractivity contribution in [1.82, 2.24) is 29.1 Å². The van der Waals surface area contributed by atoms with Crippen molar-refractivity contribution in [2.24, 2.45) is 0 Å². The number of rotatable bonds is 5. The second kappa shape index (κ2) is 7.63. The summed E-state index contributed by atoms with van der Waals surface area (Å²) in [5.74, 6) is 0.723. The highest BCUT2D eigenvalue weighted by Crippen LogP contribution is 2.41. The molecule has 0 saturated heterocycles. The standard InChI is InChI=1S/C24H22N6O3/c1-32-24(11-5-6-12-24)23-27-21(28-33-23)19-20-22(31)29(14-16-8-4-7-13-25-16)17-9-2-3-10-18(17)30(20)15-26-19/h2-4,7-10,13,15H,5-6,11-12,14H2,1H3. The van der Waals surface area contributed by atoms with Crippen LogP contribution in [0.15, 0.2) is 64.3 Å². The molecular formula is C24H22N6O3. The Labute approximate surface area is 188 Å². The molecule has 9 nitrogen and oxygen atoms in total. The normalized spacial score (nSPS) is 15.5. The molecule has 1 aliphatic rings. The minimum atomic E-state index is -0.563. The summed E-state index contributed by atoms with van der Waals surface area (Å²) in [7, 11) is 1.67. The Bertz CT molecular complexity index is 1510. The molecule has 6 rings (SSSR count). The zero-order valence-corrected chi connectivity index (χ0v) is 18.1. The average Bonchev–Trinajstić information content (AvgIpc) is 3.62. The quantitative estimate of drug-likeness (QED) is 0.410. The molecule has 0 bridgehead atoms. The molecule has 1 aliphatic carbocycles. The fourth-order valence-corrected chi connectivity index (χ4v) is 4.80. The summed E-state index contributed by atoms with van der Waals surface area (Å²) in [6, 6.07) is 13.4. The first-order valence-corrected chi connectivity index (χ1v) is 11.0. The number of ether oxygens (including phenoxy) is 1. The van der Waals surface area contributed by atoms with Crippen molar-refractivity contribution in [2.75, 3.05) is 7.11 Å². The number of aromatic nitrogens is 6. The molecule has 166 valence electrons. The smallest absolute Gasteiger partial charge is 0.278 e. The van der Waals surface area contributed by atoms with Gasteiger partial charge in [0.05, 0.1) is 23.3 Å². The summed E-state index contributed by atoms with van der Waals surface area (Å²) in [5, 5.41) is 4.18. The van der Waals surface area contributed by atoms with Gasteiger partial charge >= 0.3 is 0 Å². The van der Waals surface area contributed by atoms with E-state index in [1.54, 1.807) is 28.6 Å². The Morgan fingerprint density at radius 3 is 2.61 bits per heavy atom. The van der Waals surface area contributed by atoms with Crippen molar-refractivity contribution in [3.63, 3.8) is 0 Å². The van der Waals surface area contributed by atoms with Crippen molar-refractivity contribution < 1.29 is 9.26 Å². The van der Waals surface area contributed by atoms with Crippen LogP contribution in [0.2, 0.25) is 0 Å². The number of fused-ring (bicyclic) bond motifs is 3. The van der Waals surface area contributed by atoms with Gasteiger partial charge in [-0.15, -0.1) is 0 Å². The van der Waals surface area contributed by atoms with E-state index >= 15 is 0 Å². The first kappa shape index (κ1) is 19.8. The van der Waals surface area contributed by atoms with Crippen LogP contribution in [-0.2, 0) is 16.9 Å². The van der Waals surface area contributed by atoms with Crippen molar-refractivity contribution in [3.8, 4) is 11.5 Å². The van der Waals surface area contributed by atoms with E-state index in [1.807, 2.05) is 42.5 Å².